The van der Waals surface area contributed by atoms with Crippen LogP contribution in [0.4, 0.5) is 0 Å². The Morgan fingerprint density at radius 2 is 1.62 bits per heavy atom. The number of aromatic nitrogens is 3. The van der Waals surface area contributed by atoms with E-state index in [9.17, 15) is 9.90 Å². The summed E-state index contributed by atoms with van der Waals surface area (Å²) in [7, 11) is 0. The molecule has 0 aliphatic rings. The SMILES string of the molecule is C/C(=N/NC(=O)CSc1n[nH]c(-c2ccc(C)cc2)[n+]1-c1ccc(C)cc1)c1ccc([O-])cc1. The third-order valence-electron chi connectivity index (χ3n) is 5.24. The van der Waals surface area contributed by atoms with Crippen molar-refractivity contribution in [2.75, 3.05) is 5.75 Å². The lowest BCUT2D eigenvalue weighted by molar-refractivity contribution is -0.625. The Balaban J connectivity index is 1.52. The summed E-state index contributed by atoms with van der Waals surface area (Å²) < 4.78 is 2.01. The maximum Gasteiger partial charge on any atom is 0.342 e. The first-order chi connectivity index (χ1) is 16.4. The quantitative estimate of drug-likeness (QED) is 0.186. The molecule has 0 bridgehead atoms. The highest BCUT2D eigenvalue weighted by atomic mass is 32.2. The average molecular weight is 472 g/mol. The molecule has 0 atom stereocenters. The molecule has 1 aromatic heterocycles. The number of carbonyl (C=O) groups is 1. The highest BCUT2D eigenvalue weighted by Crippen LogP contribution is 2.21. The maximum absolute atomic E-state index is 12.5. The second-order valence-corrected chi connectivity index (χ2v) is 8.88. The van der Waals surface area contributed by atoms with Crippen molar-refractivity contribution in [3.8, 4) is 22.8 Å². The molecule has 2 N–H and O–H groups in total. The third-order valence-corrected chi connectivity index (χ3v) is 6.18. The van der Waals surface area contributed by atoms with Gasteiger partial charge in [0.05, 0.1) is 22.1 Å². The smallest absolute Gasteiger partial charge is 0.342 e. The number of rotatable bonds is 7. The van der Waals surface area contributed by atoms with Crippen molar-refractivity contribution < 1.29 is 14.5 Å². The zero-order valence-corrected chi connectivity index (χ0v) is 20.0. The molecule has 1 amide bonds. The van der Waals surface area contributed by atoms with Crippen LogP contribution < -0.4 is 15.1 Å². The van der Waals surface area contributed by atoms with Crippen molar-refractivity contribution >= 4 is 23.4 Å². The molecule has 1 heterocycles. The number of benzene rings is 3. The number of hydrogen-bond acceptors (Lipinski definition) is 5. The van der Waals surface area contributed by atoms with E-state index in [1.54, 1.807) is 19.1 Å². The van der Waals surface area contributed by atoms with Gasteiger partial charge in [-0.25, -0.2) is 5.43 Å². The van der Waals surface area contributed by atoms with Crippen LogP contribution in [0.3, 0.4) is 0 Å². The molecular formula is C26H25N5O2S. The van der Waals surface area contributed by atoms with Gasteiger partial charge in [-0.2, -0.15) is 9.67 Å². The fourth-order valence-corrected chi connectivity index (χ4v) is 4.06. The molecule has 0 aliphatic carbocycles. The first kappa shape index (κ1) is 23.3. The van der Waals surface area contributed by atoms with Gasteiger partial charge in [0.2, 0.25) is 0 Å². The predicted octanol–water partition coefficient (Wildman–Crippen LogP) is 3.68. The highest BCUT2D eigenvalue weighted by Gasteiger charge is 2.24. The van der Waals surface area contributed by atoms with Crippen molar-refractivity contribution in [2.45, 2.75) is 25.9 Å². The Morgan fingerprint density at radius 1 is 1.00 bits per heavy atom. The number of H-pyrrole nitrogens is 1. The molecule has 4 aromatic rings. The minimum Gasteiger partial charge on any atom is -0.872 e. The van der Waals surface area contributed by atoms with E-state index in [0.717, 1.165) is 28.2 Å². The third kappa shape index (κ3) is 5.52. The molecule has 7 nitrogen and oxygen atoms in total. The van der Waals surface area contributed by atoms with Gasteiger partial charge in [0.25, 0.3) is 11.7 Å². The largest absolute Gasteiger partial charge is 0.872 e. The van der Waals surface area contributed by atoms with Crippen molar-refractivity contribution in [1.82, 2.24) is 15.6 Å². The second-order valence-electron chi connectivity index (χ2n) is 7.94. The Labute approximate surface area is 202 Å². The van der Waals surface area contributed by atoms with Crippen LogP contribution in [0.2, 0.25) is 0 Å². The number of hydrazone groups is 1. The van der Waals surface area contributed by atoms with Gasteiger partial charge < -0.3 is 5.11 Å². The summed E-state index contributed by atoms with van der Waals surface area (Å²) in [5.41, 5.74) is 8.27. The number of amides is 1. The van der Waals surface area contributed by atoms with E-state index in [2.05, 4.69) is 32.9 Å². The summed E-state index contributed by atoms with van der Waals surface area (Å²) in [6.07, 6.45) is 0. The van der Waals surface area contributed by atoms with Crippen molar-refractivity contribution in [2.24, 2.45) is 5.10 Å². The van der Waals surface area contributed by atoms with Crippen molar-refractivity contribution in [3.05, 3.63) is 89.5 Å². The zero-order chi connectivity index (χ0) is 24.1. The van der Waals surface area contributed by atoms with Gasteiger partial charge in [0.1, 0.15) is 5.69 Å². The summed E-state index contributed by atoms with van der Waals surface area (Å²) in [5, 5.41) is 23.7. The van der Waals surface area contributed by atoms with E-state index >= 15 is 0 Å². The lowest BCUT2D eigenvalue weighted by atomic mass is 10.1. The molecule has 172 valence electrons. The van der Waals surface area contributed by atoms with E-state index in [-0.39, 0.29) is 17.4 Å². The topological polar surface area (TPSA) is 97.1 Å². The Hall–Kier alpha value is -3.91. The van der Waals surface area contributed by atoms with Crippen molar-refractivity contribution in [3.63, 3.8) is 0 Å². The number of carbonyl (C=O) groups excluding carboxylic acids is 1. The van der Waals surface area contributed by atoms with E-state index < -0.39 is 0 Å². The van der Waals surface area contributed by atoms with Gasteiger partial charge in [0, 0.05) is 0 Å². The number of aryl methyl sites for hydroxylation is 2. The molecule has 0 fully saturated rings. The minimum absolute atomic E-state index is 0.0668. The molecule has 8 heteroatoms. The van der Waals surface area contributed by atoms with E-state index in [1.165, 1.54) is 29.5 Å². The summed E-state index contributed by atoms with van der Waals surface area (Å²) in [6, 6.07) is 22.7. The normalized spacial score (nSPS) is 11.4. The lowest BCUT2D eigenvalue weighted by Crippen LogP contribution is -2.34. The molecule has 0 saturated carbocycles. The summed E-state index contributed by atoms with van der Waals surface area (Å²) >= 11 is 1.32. The van der Waals surface area contributed by atoms with Gasteiger partial charge >= 0.3 is 5.16 Å². The molecule has 0 radical (unpaired) electrons. The van der Waals surface area contributed by atoms with Crippen LogP contribution >= 0.6 is 11.8 Å². The van der Waals surface area contributed by atoms with Gasteiger partial charge in [-0.05, 0) is 62.4 Å². The molecular weight excluding hydrogens is 446 g/mol. The lowest BCUT2D eigenvalue weighted by Gasteiger charge is -2.07. The van der Waals surface area contributed by atoms with Gasteiger partial charge in [0.15, 0.2) is 0 Å². The molecule has 0 spiro atoms. The molecule has 0 unspecified atom stereocenters. The van der Waals surface area contributed by atoms with Crippen molar-refractivity contribution in [1.29, 1.82) is 0 Å². The van der Waals surface area contributed by atoms with E-state index in [1.807, 2.05) is 54.8 Å². The minimum atomic E-state index is -0.250. The standard InChI is InChI=1S/C26H25N5O2S/c1-17-4-8-21(9-5-17)25-29-30-26(31(25)22-12-6-18(2)7-13-22)34-16-24(33)28-27-19(3)20-10-14-23(32)15-11-20/h4-15H,16H2,1-3H3,(H2,27,28,32,33). The second kappa shape index (κ2) is 10.4. The summed E-state index contributed by atoms with van der Waals surface area (Å²) in [5.74, 6) is 0.658. The van der Waals surface area contributed by atoms with Gasteiger partial charge in [-0.3, -0.25) is 4.79 Å². The Bertz CT molecular complexity index is 1310. The average Bonchev–Trinajstić information content (AvgIpc) is 3.26. The Kier molecular flexibility index (Phi) is 7.08. The Morgan fingerprint density at radius 3 is 2.26 bits per heavy atom. The number of aromatic amines is 1. The van der Waals surface area contributed by atoms with Gasteiger partial charge in [-0.1, -0.05) is 59.7 Å². The maximum atomic E-state index is 12.5. The molecule has 0 aliphatic heterocycles. The van der Waals surface area contributed by atoms with Crippen LogP contribution in [0, 0.1) is 13.8 Å². The number of hydrogen-bond donors (Lipinski definition) is 2. The number of nitrogens with one attached hydrogen (secondary N) is 2. The molecule has 3 aromatic carbocycles. The summed E-state index contributed by atoms with van der Waals surface area (Å²) in [4.78, 5) is 12.5. The van der Waals surface area contributed by atoms with Crippen LogP contribution in [0.5, 0.6) is 5.75 Å². The van der Waals surface area contributed by atoms with Crippen LogP contribution in [-0.2, 0) is 4.79 Å². The first-order valence-electron chi connectivity index (χ1n) is 10.8. The van der Waals surface area contributed by atoms with Crippen LogP contribution in [-0.4, -0.2) is 27.6 Å². The van der Waals surface area contributed by atoms with Gasteiger partial charge in [-0.15, -0.1) is 10.8 Å². The van der Waals surface area contributed by atoms with Crippen LogP contribution in [0.15, 0.2) is 83.1 Å². The molecule has 4 rings (SSSR count). The highest BCUT2D eigenvalue weighted by molar-refractivity contribution is 7.99. The fraction of sp³-hybridized carbons (Fsp3) is 0.154. The monoisotopic (exact) mass is 471 g/mol. The van der Waals surface area contributed by atoms with E-state index in [0.29, 0.717) is 10.9 Å². The predicted molar refractivity (Wildman–Crippen MR) is 132 cm³/mol. The first-order valence-corrected chi connectivity index (χ1v) is 11.8. The molecule has 0 saturated heterocycles. The summed E-state index contributed by atoms with van der Waals surface area (Å²) in [6.45, 7) is 5.87. The number of nitrogens with zero attached hydrogens (tertiary/aromatic N) is 3. The zero-order valence-electron chi connectivity index (χ0n) is 19.2. The van der Waals surface area contributed by atoms with Crippen LogP contribution in [0.1, 0.15) is 23.6 Å². The number of thioether (sulfide) groups is 1. The van der Waals surface area contributed by atoms with Crippen LogP contribution in [0.25, 0.3) is 17.1 Å². The molecule has 34 heavy (non-hydrogen) atoms. The van der Waals surface area contributed by atoms with E-state index in [4.69, 9.17) is 0 Å². The fourth-order valence-electron chi connectivity index (χ4n) is 3.30.